The van der Waals surface area contributed by atoms with Crippen LogP contribution in [-0.2, 0) is 4.79 Å². The van der Waals surface area contributed by atoms with Crippen molar-refractivity contribution in [3.63, 3.8) is 0 Å². The maximum Gasteiger partial charge on any atom is 0.224 e. The molecular weight excluding hydrogens is 356 g/mol. The molecule has 0 aromatic carbocycles. The van der Waals surface area contributed by atoms with E-state index in [1.54, 1.807) is 6.20 Å². The molecule has 1 atom stereocenters. The van der Waals surface area contributed by atoms with Gasteiger partial charge < -0.3 is 10.6 Å². The summed E-state index contributed by atoms with van der Waals surface area (Å²) < 4.78 is 0.786. The number of carbonyl (C=O) groups is 1. The molecule has 2 rings (SSSR count). The molecular formula is C14H20BrClN4O. The minimum atomic E-state index is -0.306. The van der Waals surface area contributed by atoms with Crippen molar-refractivity contribution in [2.75, 3.05) is 4.90 Å². The molecule has 116 valence electrons. The molecule has 7 heteroatoms. The zero-order chi connectivity index (χ0) is 15.4. The van der Waals surface area contributed by atoms with E-state index in [1.807, 2.05) is 6.92 Å². The van der Waals surface area contributed by atoms with Gasteiger partial charge in [-0.15, -0.1) is 0 Å². The predicted octanol–water partition coefficient (Wildman–Crippen LogP) is 3.30. The Kier molecular flexibility index (Phi) is 5.81. The Morgan fingerprint density at radius 1 is 1.52 bits per heavy atom. The van der Waals surface area contributed by atoms with Gasteiger partial charge >= 0.3 is 0 Å². The van der Waals surface area contributed by atoms with Crippen LogP contribution in [0.25, 0.3) is 0 Å². The highest BCUT2D eigenvalue weighted by molar-refractivity contribution is 9.10. The van der Waals surface area contributed by atoms with E-state index in [2.05, 4.69) is 30.8 Å². The number of amides is 1. The normalized spacial score (nSPS) is 17.5. The van der Waals surface area contributed by atoms with Gasteiger partial charge in [-0.25, -0.2) is 4.98 Å². The lowest BCUT2D eigenvalue weighted by molar-refractivity contribution is -0.118. The summed E-state index contributed by atoms with van der Waals surface area (Å²) in [6.45, 7) is 2.00. The monoisotopic (exact) mass is 374 g/mol. The van der Waals surface area contributed by atoms with Crippen LogP contribution in [0.5, 0.6) is 0 Å². The maximum absolute atomic E-state index is 11.3. The Hall–Kier alpha value is -0.880. The number of aromatic nitrogens is 2. The molecule has 1 aromatic rings. The highest BCUT2D eigenvalue weighted by atomic mass is 79.9. The summed E-state index contributed by atoms with van der Waals surface area (Å²) >= 11 is 9.44. The largest absolute Gasteiger partial charge is 0.370 e. The van der Waals surface area contributed by atoms with Gasteiger partial charge in [-0.3, -0.25) is 4.79 Å². The number of hydrogen-bond acceptors (Lipinski definition) is 4. The molecule has 0 saturated heterocycles. The quantitative estimate of drug-likeness (QED) is 0.802. The number of halogens is 2. The molecule has 1 saturated carbocycles. The van der Waals surface area contributed by atoms with Crippen molar-refractivity contribution >= 4 is 39.3 Å². The fraction of sp³-hybridized carbons (Fsp3) is 0.643. The summed E-state index contributed by atoms with van der Waals surface area (Å²) in [5.74, 6) is 0.440. The average molecular weight is 376 g/mol. The Bertz CT molecular complexity index is 508. The number of anilines is 1. The SMILES string of the molecule is CC(CC(N)=O)N(c1nc(Cl)ncc1Br)C1CCCCC1. The van der Waals surface area contributed by atoms with Gasteiger partial charge in [0.1, 0.15) is 5.82 Å². The summed E-state index contributed by atoms with van der Waals surface area (Å²) in [6, 6.07) is 0.336. The number of rotatable bonds is 5. The van der Waals surface area contributed by atoms with Crippen molar-refractivity contribution in [3.8, 4) is 0 Å². The first-order chi connectivity index (χ1) is 9.99. The van der Waals surface area contributed by atoms with Crippen molar-refractivity contribution < 1.29 is 4.79 Å². The summed E-state index contributed by atoms with van der Waals surface area (Å²) in [5.41, 5.74) is 5.37. The fourth-order valence-electron chi connectivity index (χ4n) is 3.01. The summed E-state index contributed by atoms with van der Waals surface area (Å²) in [5, 5.41) is 0.209. The minimum Gasteiger partial charge on any atom is -0.370 e. The molecule has 0 aliphatic heterocycles. The number of carbonyl (C=O) groups excluding carboxylic acids is 1. The molecule has 1 amide bonds. The second kappa shape index (κ2) is 7.40. The first-order valence-corrected chi connectivity index (χ1v) is 8.41. The Morgan fingerprint density at radius 2 is 2.19 bits per heavy atom. The second-order valence-electron chi connectivity index (χ2n) is 5.53. The van der Waals surface area contributed by atoms with Crippen molar-refractivity contribution in [1.29, 1.82) is 0 Å². The number of hydrogen-bond donors (Lipinski definition) is 1. The standard InChI is InChI=1S/C14H20BrClN4O/c1-9(7-12(17)21)20(10-5-3-2-4-6-10)13-11(15)8-18-14(16)19-13/h8-10H,2-7H2,1H3,(H2,17,21). The van der Waals surface area contributed by atoms with Crippen molar-refractivity contribution in [1.82, 2.24) is 9.97 Å². The lowest BCUT2D eigenvalue weighted by atomic mass is 9.93. The van der Waals surface area contributed by atoms with Crippen LogP contribution in [-0.4, -0.2) is 28.0 Å². The van der Waals surface area contributed by atoms with Crippen molar-refractivity contribution in [3.05, 3.63) is 16.0 Å². The van der Waals surface area contributed by atoms with Crippen LogP contribution in [0.15, 0.2) is 10.7 Å². The smallest absolute Gasteiger partial charge is 0.224 e. The molecule has 0 spiro atoms. The number of primary amides is 1. The van der Waals surface area contributed by atoms with Crippen LogP contribution >= 0.6 is 27.5 Å². The van der Waals surface area contributed by atoms with Gasteiger partial charge in [-0.1, -0.05) is 19.3 Å². The summed E-state index contributed by atoms with van der Waals surface area (Å²) in [6.07, 6.45) is 7.79. The minimum absolute atomic E-state index is 0.0205. The van der Waals surface area contributed by atoms with E-state index in [-0.39, 0.29) is 17.2 Å². The fourth-order valence-corrected chi connectivity index (χ4v) is 3.53. The third kappa shape index (κ3) is 4.30. The van der Waals surface area contributed by atoms with E-state index in [1.165, 1.54) is 19.3 Å². The Balaban J connectivity index is 2.33. The van der Waals surface area contributed by atoms with Crippen LogP contribution in [0.2, 0.25) is 5.28 Å². The molecule has 1 aromatic heterocycles. The summed E-state index contributed by atoms with van der Waals surface area (Å²) in [7, 11) is 0. The second-order valence-corrected chi connectivity index (χ2v) is 6.72. The van der Waals surface area contributed by atoms with E-state index in [4.69, 9.17) is 17.3 Å². The number of nitrogens with zero attached hydrogens (tertiary/aromatic N) is 3. The molecule has 1 aliphatic rings. The first kappa shape index (κ1) is 16.5. The van der Waals surface area contributed by atoms with Crippen LogP contribution in [0.1, 0.15) is 45.4 Å². The lowest BCUT2D eigenvalue weighted by Gasteiger charge is -2.39. The van der Waals surface area contributed by atoms with E-state index >= 15 is 0 Å². The summed E-state index contributed by atoms with van der Waals surface area (Å²) in [4.78, 5) is 21.8. The van der Waals surface area contributed by atoms with Gasteiger partial charge in [0.05, 0.1) is 4.47 Å². The highest BCUT2D eigenvalue weighted by Crippen LogP contribution is 2.33. The maximum atomic E-state index is 11.3. The molecule has 1 aliphatic carbocycles. The van der Waals surface area contributed by atoms with Gasteiger partial charge in [0.2, 0.25) is 11.2 Å². The van der Waals surface area contributed by atoms with E-state index in [0.717, 1.165) is 23.1 Å². The predicted molar refractivity (Wildman–Crippen MR) is 87.4 cm³/mol. The van der Waals surface area contributed by atoms with Gasteiger partial charge in [-0.05, 0) is 47.3 Å². The molecule has 1 fully saturated rings. The first-order valence-electron chi connectivity index (χ1n) is 7.23. The third-order valence-electron chi connectivity index (χ3n) is 3.88. The molecule has 2 N–H and O–H groups in total. The van der Waals surface area contributed by atoms with Crippen LogP contribution in [0.4, 0.5) is 5.82 Å². The van der Waals surface area contributed by atoms with Gasteiger partial charge in [-0.2, -0.15) is 4.98 Å². The third-order valence-corrected chi connectivity index (χ3v) is 4.62. The molecule has 0 radical (unpaired) electrons. The Labute approximate surface area is 138 Å². The lowest BCUT2D eigenvalue weighted by Crippen LogP contribution is -2.45. The molecule has 5 nitrogen and oxygen atoms in total. The zero-order valence-corrected chi connectivity index (χ0v) is 14.4. The number of nitrogens with two attached hydrogens (primary N) is 1. The van der Waals surface area contributed by atoms with E-state index in [0.29, 0.717) is 12.5 Å². The highest BCUT2D eigenvalue weighted by Gasteiger charge is 2.29. The Morgan fingerprint density at radius 3 is 2.81 bits per heavy atom. The topological polar surface area (TPSA) is 72.1 Å². The van der Waals surface area contributed by atoms with Crippen molar-refractivity contribution in [2.45, 2.75) is 57.5 Å². The van der Waals surface area contributed by atoms with Crippen LogP contribution < -0.4 is 10.6 Å². The molecule has 0 bridgehead atoms. The van der Waals surface area contributed by atoms with Gasteiger partial charge in [0.15, 0.2) is 0 Å². The van der Waals surface area contributed by atoms with Gasteiger partial charge in [0, 0.05) is 24.7 Å². The molecule has 1 heterocycles. The van der Waals surface area contributed by atoms with Crippen molar-refractivity contribution in [2.24, 2.45) is 5.73 Å². The van der Waals surface area contributed by atoms with Crippen LogP contribution in [0, 0.1) is 0 Å². The average Bonchev–Trinajstić information content (AvgIpc) is 2.43. The van der Waals surface area contributed by atoms with Gasteiger partial charge in [0.25, 0.3) is 0 Å². The van der Waals surface area contributed by atoms with Crippen LogP contribution in [0.3, 0.4) is 0 Å². The van der Waals surface area contributed by atoms with E-state index < -0.39 is 0 Å². The van der Waals surface area contributed by atoms with E-state index in [9.17, 15) is 4.79 Å². The zero-order valence-electron chi connectivity index (χ0n) is 12.1. The molecule has 21 heavy (non-hydrogen) atoms. The molecule has 1 unspecified atom stereocenters.